The number of aryl methyl sites for hydroxylation is 1. The molecule has 2 aromatic rings. The molecule has 2 heterocycles. The van der Waals surface area contributed by atoms with Gasteiger partial charge in [-0.2, -0.15) is 0 Å². The SMILES string of the molecule is CN(CC(=O)CC(C)(C)C)c1nc(-c2ncco2)nc2c1CCC2. The highest BCUT2D eigenvalue weighted by Gasteiger charge is 2.25. The first kappa shape index (κ1) is 16.6. The first-order valence-electron chi connectivity index (χ1n) is 8.36. The number of anilines is 1. The van der Waals surface area contributed by atoms with Crippen LogP contribution in [0.25, 0.3) is 11.7 Å². The summed E-state index contributed by atoms with van der Waals surface area (Å²) in [4.78, 5) is 27.7. The summed E-state index contributed by atoms with van der Waals surface area (Å²) in [5.74, 6) is 1.95. The van der Waals surface area contributed by atoms with Gasteiger partial charge in [-0.25, -0.2) is 15.0 Å². The minimum atomic E-state index is -0.00517. The lowest BCUT2D eigenvalue weighted by Gasteiger charge is -2.23. The van der Waals surface area contributed by atoms with Crippen LogP contribution in [0.3, 0.4) is 0 Å². The van der Waals surface area contributed by atoms with Gasteiger partial charge in [0.15, 0.2) is 5.78 Å². The molecule has 1 aliphatic rings. The number of oxazole rings is 1. The Morgan fingerprint density at radius 2 is 2.08 bits per heavy atom. The Labute approximate surface area is 142 Å². The Bertz CT molecular complexity index is 732. The first-order chi connectivity index (χ1) is 11.3. The molecule has 0 radical (unpaired) electrons. The number of Topliss-reactive ketones (excluding diaryl/α,β-unsaturated/α-hetero) is 1. The van der Waals surface area contributed by atoms with Crippen molar-refractivity contribution in [2.24, 2.45) is 5.41 Å². The number of ketones is 1. The number of hydrogen-bond acceptors (Lipinski definition) is 6. The van der Waals surface area contributed by atoms with E-state index in [9.17, 15) is 4.79 Å². The maximum atomic E-state index is 12.3. The molecule has 0 N–H and O–H groups in total. The fraction of sp³-hybridized carbons (Fsp3) is 0.556. The predicted octanol–water partition coefficient (Wildman–Crippen LogP) is 3.06. The van der Waals surface area contributed by atoms with Crippen LogP contribution in [0.1, 0.15) is 44.9 Å². The summed E-state index contributed by atoms with van der Waals surface area (Å²) in [7, 11) is 1.92. The van der Waals surface area contributed by atoms with Gasteiger partial charge >= 0.3 is 0 Å². The third kappa shape index (κ3) is 3.63. The van der Waals surface area contributed by atoms with Crippen molar-refractivity contribution in [3.63, 3.8) is 0 Å². The number of likely N-dealkylation sites (N-methyl/N-ethyl adjacent to an activating group) is 1. The van der Waals surface area contributed by atoms with Gasteiger partial charge in [-0.1, -0.05) is 20.8 Å². The van der Waals surface area contributed by atoms with Crippen LogP contribution in [0.5, 0.6) is 0 Å². The van der Waals surface area contributed by atoms with Gasteiger partial charge < -0.3 is 9.32 Å². The molecule has 3 rings (SSSR count). The molecule has 6 nitrogen and oxygen atoms in total. The number of aromatic nitrogens is 3. The molecule has 0 bridgehead atoms. The summed E-state index contributed by atoms with van der Waals surface area (Å²) in [6.07, 6.45) is 6.61. The molecule has 0 aromatic carbocycles. The van der Waals surface area contributed by atoms with Crippen LogP contribution in [0.15, 0.2) is 16.9 Å². The van der Waals surface area contributed by atoms with Crippen molar-refractivity contribution in [1.82, 2.24) is 15.0 Å². The van der Waals surface area contributed by atoms with E-state index in [2.05, 4.69) is 35.7 Å². The lowest BCUT2D eigenvalue weighted by Crippen LogP contribution is -2.30. The van der Waals surface area contributed by atoms with Gasteiger partial charge in [0.25, 0.3) is 5.89 Å². The van der Waals surface area contributed by atoms with Crippen LogP contribution >= 0.6 is 0 Å². The number of carbonyl (C=O) groups excluding carboxylic acids is 1. The monoisotopic (exact) mass is 328 g/mol. The second-order valence-electron chi connectivity index (χ2n) is 7.62. The molecule has 0 amide bonds. The van der Waals surface area contributed by atoms with E-state index in [1.54, 1.807) is 6.20 Å². The normalized spacial score (nSPS) is 13.8. The average Bonchev–Trinajstić information content (AvgIpc) is 3.15. The standard InChI is InChI=1S/C18H24N4O2/c1-18(2,3)10-12(23)11-22(4)16-13-6-5-7-14(13)20-15(21-16)17-19-8-9-24-17/h8-9H,5-7,10-11H2,1-4H3. The molecule has 2 aromatic heterocycles. The van der Waals surface area contributed by atoms with Crippen molar-refractivity contribution in [1.29, 1.82) is 0 Å². The molecular formula is C18H24N4O2. The van der Waals surface area contributed by atoms with Crippen LogP contribution in [0, 0.1) is 5.41 Å². The highest BCUT2D eigenvalue weighted by atomic mass is 16.3. The first-order valence-corrected chi connectivity index (χ1v) is 8.36. The van der Waals surface area contributed by atoms with E-state index < -0.39 is 0 Å². The van der Waals surface area contributed by atoms with Gasteiger partial charge in [0, 0.05) is 24.7 Å². The molecular weight excluding hydrogens is 304 g/mol. The molecule has 0 unspecified atom stereocenters. The second-order valence-corrected chi connectivity index (χ2v) is 7.62. The molecule has 0 fully saturated rings. The molecule has 0 saturated heterocycles. The maximum Gasteiger partial charge on any atom is 0.264 e. The van der Waals surface area contributed by atoms with Gasteiger partial charge in [0.1, 0.15) is 12.1 Å². The Morgan fingerprint density at radius 3 is 2.75 bits per heavy atom. The summed E-state index contributed by atoms with van der Waals surface area (Å²) >= 11 is 0. The molecule has 0 spiro atoms. The van der Waals surface area contributed by atoms with Crippen LogP contribution in [0.4, 0.5) is 5.82 Å². The fourth-order valence-corrected chi connectivity index (χ4v) is 3.14. The van der Waals surface area contributed by atoms with E-state index >= 15 is 0 Å². The van der Waals surface area contributed by atoms with E-state index in [0.717, 1.165) is 36.3 Å². The maximum absolute atomic E-state index is 12.3. The molecule has 6 heteroatoms. The van der Waals surface area contributed by atoms with Crippen LogP contribution in [0.2, 0.25) is 0 Å². The summed E-state index contributed by atoms with van der Waals surface area (Å²) in [5.41, 5.74) is 2.19. The largest absolute Gasteiger partial charge is 0.442 e. The van der Waals surface area contributed by atoms with Gasteiger partial charge in [0.2, 0.25) is 5.82 Å². The number of rotatable bonds is 5. The van der Waals surface area contributed by atoms with E-state index in [1.807, 2.05) is 11.9 Å². The molecule has 1 aliphatic carbocycles. The highest BCUT2D eigenvalue weighted by Crippen LogP contribution is 2.30. The molecule has 0 atom stereocenters. The van der Waals surface area contributed by atoms with E-state index in [-0.39, 0.29) is 11.2 Å². The molecule has 128 valence electrons. The lowest BCUT2D eigenvalue weighted by molar-refractivity contribution is -0.119. The number of carbonyl (C=O) groups is 1. The van der Waals surface area contributed by atoms with Crippen molar-refractivity contribution < 1.29 is 9.21 Å². The zero-order valence-corrected chi connectivity index (χ0v) is 14.8. The van der Waals surface area contributed by atoms with E-state index in [1.165, 1.54) is 6.26 Å². The van der Waals surface area contributed by atoms with Crippen molar-refractivity contribution >= 4 is 11.6 Å². The summed E-state index contributed by atoms with van der Waals surface area (Å²) in [5, 5.41) is 0. The Balaban J connectivity index is 1.88. The van der Waals surface area contributed by atoms with Crippen LogP contribution in [-0.2, 0) is 17.6 Å². The summed E-state index contributed by atoms with van der Waals surface area (Å²) in [6.45, 7) is 6.58. The Morgan fingerprint density at radius 1 is 1.29 bits per heavy atom. The topological polar surface area (TPSA) is 72.1 Å². The van der Waals surface area contributed by atoms with Crippen molar-refractivity contribution in [2.75, 3.05) is 18.5 Å². The Kier molecular flexibility index (Phi) is 4.39. The van der Waals surface area contributed by atoms with Gasteiger partial charge in [-0.05, 0) is 24.7 Å². The van der Waals surface area contributed by atoms with E-state index in [4.69, 9.17) is 4.42 Å². The minimum Gasteiger partial charge on any atom is -0.442 e. The lowest BCUT2D eigenvalue weighted by atomic mass is 9.90. The average molecular weight is 328 g/mol. The number of hydrogen-bond donors (Lipinski definition) is 0. The number of fused-ring (bicyclic) bond motifs is 1. The van der Waals surface area contributed by atoms with Crippen LogP contribution in [-0.4, -0.2) is 34.3 Å². The smallest absolute Gasteiger partial charge is 0.264 e. The highest BCUT2D eigenvalue weighted by molar-refractivity contribution is 5.84. The van der Waals surface area contributed by atoms with Crippen LogP contribution < -0.4 is 4.90 Å². The zero-order valence-electron chi connectivity index (χ0n) is 14.8. The molecule has 24 heavy (non-hydrogen) atoms. The molecule has 0 aliphatic heterocycles. The summed E-state index contributed by atoms with van der Waals surface area (Å²) in [6, 6.07) is 0. The second kappa shape index (κ2) is 6.34. The van der Waals surface area contributed by atoms with Gasteiger partial charge in [-0.15, -0.1) is 0 Å². The van der Waals surface area contributed by atoms with Crippen molar-refractivity contribution in [3.8, 4) is 11.7 Å². The van der Waals surface area contributed by atoms with Crippen molar-refractivity contribution in [3.05, 3.63) is 23.7 Å². The zero-order chi connectivity index (χ0) is 17.3. The fourth-order valence-electron chi connectivity index (χ4n) is 3.14. The summed E-state index contributed by atoms with van der Waals surface area (Å²) < 4.78 is 5.34. The third-order valence-corrected chi connectivity index (χ3v) is 4.04. The minimum absolute atomic E-state index is 0.00517. The Hall–Kier alpha value is -2.24. The van der Waals surface area contributed by atoms with Gasteiger partial charge in [-0.3, -0.25) is 4.79 Å². The quantitative estimate of drug-likeness (QED) is 0.840. The molecule has 0 saturated carbocycles. The van der Waals surface area contributed by atoms with E-state index in [0.29, 0.717) is 24.7 Å². The predicted molar refractivity (Wildman–Crippen MR) is 91.9 cm³/mol. The third-order valence-electron chi connectivity index (χ3n) is 4.04. The van der Waals surface area contributed by atoms with Crippen molar-refractivity contribution in [2.45, 2.75) is 46.5 Å². The number of nitrogens with zero attached hydrogens (tertiary/aromatic N) is 4. The van der Waals surface area contributed by atoms with Gasteiger partial charge in [0.05, 0.1) is 12.7 Å².